The summed E-state index contributed by atoms with van der Waals surface area (Å²) in [5.74, 6) is 6.06. The molecule has 13 N–H and O–H groups in total. The molecule has 1 aliphatic carbocycles. The quantitative estimate of drug-likeness (QED) is 0.0218. The molecular formula is C59H131N3O13. The maximum atomic E-state index is 10.5. The van der Waals surface area contributed by atoms with E-state index in [2.05, 4.69) is 87.8 Å². The summed E-state index contributed by atoms with van der Waals surface area (Å²) in [5, 5.41) is 67.0. The normalized spacial score (nSPS) is 11.9. The standard InChI is InChI=1S/C7H14O2.C6H13NO2.C6H13NO.2C6H14O2.C6H12O2.C6H14O.C6H12.C5H13N.C5H12O/c1-6(2)4-5-7(8)9-3;1-5(2)3-4-6(8)7-9;1-5(2)3-4-6(7)8;2*1-5(2)3-6(8)4-7;1-5(2)3-4-6(7)8;1-6(2)4-3-5-7;1-5(2)6-3-4-6;2*1-5(2)3-4-6/h6H,4-5H2,1-3H3;5,9H,3-4H2,1-2H3,(H,7,8);5H,3-4H2,1-2H3,(H2,7,8);2*5-8H,3-4H2,1-2H3;5H,3-4H2,1-2H3,(H,7,8);6-7H,3-5H2,1-2H3;5-6H,3-4H2,1-2H3;5H,3-4,6H2,1-2H3;5-6H,3-4H2,1-2H3/t;;;2*6-;;;;;/m...10...../s1. The topological polar surface area (TPSA) is 303 Å². The lowest BCUT2D eigenvalue weighted by molar-refractivity contribution is -0.141. The van der Waals surface area contributed by atoms with Gasteiger partial charge in [-0.3, -0.25) is 24.4 Å². The highest BCUT2D eigenvalue weighted by atomic mass is 16.5. The fourth-order valence-corrected chi connectivity index (χ4v) is 4.92. The van der Waals surface area contributed by atoms with Crippen molar-refractivity contribution in [3.63, 3.8) is 0 Å². The number of hydrogen-bond donors (Lipinski definition) is 11. The molecule has 16 heteroatoms. The molecule has 0 aromatic carbocycles. The number of hydrogen-bond acceptors (Lipinski definition) is 13. The zero-order chi connectivity index (χ0) is 61.1. The predicted molar refractivity (Wildman–Crippen MR) is 314 cm³/mol. The number of aliphatic carboxylic acids is 1. The Morgan fingerprint density at radius 1 is 0.507 bits per heavy atom. The van der Waals surface area contributed by atoms with E-state index in [0.717, 1.165) is 81.6 Å². The fourth-order valence-electron chi connectivity index (χ4n) is 4.92. The van der Waals surface area contributed by atoms with Gasteiger partial charge in [-0.15, -0.1) is 0 Å². The Morgan fingerprint density at radius 3 is 0.987 bits per heavy atom. The Labute approximate surface area is 462 Å². The van der Waals surface area contributed by atoms with Crippen molar-refractivity contribution in [2.45, 2.75) is 253 Å². The first-order chi connectivity index (χ1) is 34.5. The van der Waals surface area contributed by atoms with Crippen molar-refractivity contribution in [2.75, 3.05) is 40.1 Å². The van der Waals surface area contributed by atoms with Crippen LogP contribution in [0, 0.1) is 65.1 Å². The van der Waals surface area contributed by atoms with Crippen LogP contribution >= 0.6 is 0 Å². The second-order valence-electron chi connectivity index (χ2n) is 23.4. The minimum Gasteiger partial charge on any atom is -0.481 e. The lowest BCUT2D eigenvalue weighted by Gasteiger charge is -2.08. The fraction of sp³-hybridized carbons (Fsp3) is 0.932. The van der Waals surface area contributed by atoms with Crippen molar-refractivity contribution >= 4 is 23.8 Å². The summed E-state index contributed by atoms with van der Waals surface area (Å²) in [6.07, 6.45) is 12.8. The average Bonchev–Trinajstić information content (AvgIpc) is 4.16. The van der Waals surface area contributed by atoms with Gasteiger partial charge in [0.05, 0.1) is 32.5 Å². The third-order valence-corrected chi connectivity index (χ3v) is 9.99. The Hall–Kier alpha value is -2.44. The smallest absolute Gasteiger partial charge is 0.305 e. The molecule has 0 aromatic heterocycles. The van der Waals surface area contributed by atoms with E-state index in [9.17, 15) is 19.2 Å². The van der Waals surface area contributed by atoms with Crippen LogP contribution in [0.2, 0.25) is 0 Å². The lowest BCUT2D eigenvalue weighted by atomic mass is 10.1. The molecule has 0 bridgehead atoms. The number of primary amides is 1. The Balaban J connectivity index is -0.0000000924. The highest BCUT2D eigenvalue weighted by Crippen LogP contribution is 2.35. The van der Waals surface area contributed by atoms with Crippen LogP contribution in [0.4, 0.5) is 0 Å². The number of hydroxylamine groups is 1. The molecule has 0 spiro atoms. The van der Waals surface area contributed by atoms with Crippen molar-refractivity contribution in [3.05, 3.63) is 0 Å². The van der Waals surface area contributed by atoms with Crippen LogP contribution < -0.4 is 16.9 Å². The Morgan fingerprint density at radius 2 is 0.853 bits per heavy atom. The van der Waals surface area contributed by atoms with Crippen molar-refractivity contribution in [1.82, 2.24) is 5.48 Å². The Bertz CT molecular complexity index is 1060. The van der Waals surface area contributed by atoms with E-state index in [4.69, 9.17) is 52.4 Å². The first kappa shape index (κ1) is 92.0. The van der Waals surface area contributed by atoms with Gasteiger partial charge in [0.1, 0.15) is 0 Å². The lowest BCUT2D eigenvalue weighted by Crippen LogP contribution is -2.18. The first-order valence-electron chi connectivity index (χ1n) is 28.5. The van der Waals surface area contributed by atoms with Crippen LogP contribution in [-0.4, -0.2) is 117 Å². The van der Waals surface area contributed by atoms with Crippen LogP contribution in [-0.2, 0) is 23.9 Å². The zero-order valence-electron chi connectivity index (χ0n) is 52.6. The largest absolute Gasteiger partial charge is 0.481 e. The molecule has 2 atom stereocenters. The summed E-state index contributed by atoms with van der Waals surface area (Å²) in [6.45, 7) is 43.2. The van der Waals surface area contributed by atoms with Crippen LogP contribution in [0.3, 0.4) is 0 Å². The van der Waals surface area contributed by atoms with Gasteiger partial charge in [-0.1, -0.05) is 138 Å². The summed E-state index contributed by atoms with van der Waals surface area (Å²) in [6, 6.07) is 0. The summed E-state index contributed by atoms with van der Waals surface area (Å²) in [4.78, 5) is 40.9. The molecule has 0 aromatic rings. The molecule has 1 rings (SSSR count). The highest BCUT2D eigenvalue weighted by Gasteiger charge is 2.24. The molecule has 460 valence electrons. The van der Waals surface area contributed by atoms with Crippen molar-refractivity contribution in [1.29, 1.82) is 0 Å². The average molecular weight is 1090 g/mol. The van der Waals surface area contributed by atoms with E-state index in [1.807, 2.05) is 55.4 Å². The van der Waals surface area contributed by atoms with Gasteiger partial charge >= 0.3 is 11.9 Å². The van der Waals surface area contributed by atoms with Gasteiger partial charge in [0.15, 0.2) is 0 Å². The molecule has 0 saturated heterocycles. The summed E-state index contributed by atoms with van der Waals surface area (Å²) in [5.41, 5.74) is 11.7. The third kappa shape index (κ3) is 135. The van der Waals surface area contributed by atoms with Gasteiger partial charge in [0, 0.05) is 38.9 Å². The second-order valence-corrected chi connectivity index (χ2v) is 23.4. The highest BCUT2D eigenvalue weighted by molar-refractivity contribution is 5.74. The zero-order valence-corrected chi connectivity index (χ0v) is 52.6. The van der Waals surface area contributed by atoms with E-state index >= 15 is 0 Å². The van der Waals surface area contributed by atoms with Crippen LogP contribution in [0.5, 0.6) is 0 Å². The van der Waals surface area contributed by atoms with Gasteiger partial charge < -0.3 is 51.9 Å². The van der Waals surface area contributed by atoms with E-state index in [1.54, 1.807) is 5.48 Å². The molecule has 1 aliphatic rings. The molecule has 1 saturated carbocycles. The molecule has 75 heavy (non-hydrogen) atoms. The number of aliphatic hydroxyl groups excluding tert-OH is 6. The number of carboxylic acids is 1. The van der Waals surface area contributed by atoms with Crippen molar-refractivity contribution in [2.24, 2.45) is 76.6 Å². The number of carbonyl (C=O) groups excluding carboxylic acids is 3. The molecule has 0 aliphatic heterocycles. The molecule has 16 nitrogen and oxygen atoms in total. The molecule has 0 heterocycles. The van der Waals surface area contributed by atoms with E-state index < -0.39 is 18.2 Å². The van der Waals surface area contributed by atoms with Gasteiger partial charge in [0.2, 0.25) is 11.8 Å². The number of carboxylic acid groups (broad SMARTS) is 1. The monoisotopic (exact) mass is 1090 g/mol. The predicted octanol–water partition coefficient (Wildman–Crippen LogP) is 11.2. The minimum absolute atomic E-state index is 0.108. The van der Waals surface area contributed by atoms with Gasteiger partial charge in [-0.05, 0) is 149 Å². The van der Waals surface area contributed by atoms with Crippen LogP contribution in [0.1, 0.15) is 241 Å². The molecule has 0 radical (unpaired) electrons. The minimum atomic E-state index is -0.696. The van der Waals surface area contributed by atoms with E-state index in [0.29, 0.717) is 93.2 Å². The maximum Gasteiger partial charge on any atom is 0.305 e. The van der Waals surface area contributed by atoms with Gasteiger partial charge in [0.25, 0.3) is 0 Å². The number of esters is 1. The maximum absolute atomic E-state index is 10.5. The molecular weight excluding hydrogens is 959 g/mol. The summed E-state index contributed by atoms with van der Waals surface area (Å²) >= 11 is 0. The van der Waals surface area contributed by atoms with Gasteiger partial charge in [-0.2, -0.15) is 0 Å². The summed E-state index contributed by atoms with van der Waals surface area (Å²) in [7, 11) is 1.42. The van der Waals surface area contributed by atoms with E-state index in [1.165, 1.54) is 20.0 Å². The molecule has 2 amide bonds. The Kier molecular flexibility index (Phi) is 85.3. The number of aliphatic hydroxyl groups is 6. The third-order valence-electron chi connectivity index (χ3n) is 9.99. The number of amides is 2. The summed E-state index contributed by atoms with van der Waals surface area (Å²) < 4.78 is 4.46. The van der Waals surface area contributed by atoms with Crippen molar-refractivity contribution in [3.8, 4) is 0 Å². The van der Waals surface area contributed by atoms with Crippen molar-refractivity contribution < 1.29 is 64.9 Å². The first-order valence-corrected chi connectivity index (χ1v) is 28.5. The SMILES string of the molecule is CC(C)C1CC1.CC(C)CCC(=O)NO.CC(C)CCC(=O)O.CC(C)CCC(N)=O.CC(C)CCCO.CC(C)CCN.CC(C)CCO.CC(C)C[C@@H](O)CO.CC(C)C[C@H](O)CO.COC(=O)CCC(C)C. The number of carbonyl (C=O) groups is 4. The molecule has 1 fully saturated rings. The van der Waals surface area contributed by atoms with E-state index in [-0.39, 0.29) is 31.0 Å². The number of methoxy groups -OCH3 is 1. The van der Waals surface area contributed by atoms with Gasteiger partial charge in [-0.25, -0.2) is 5.48 Å². The van der Waals surface area contributed by atoms with Crippen LogP contribution in [0.25, 0.3) is 0 Å². The number of rotatable bonds is 26. The number of ether oxygens (including phenoxy) is 1. The van der Waals surface area contributed by atoms with Crippen LogP contribution in [0.15, 0.2) is 0 Å². The number of nitrogens with one attached hydrogen (secondary N) is 1. The number of nitrogens with two attached hydrogens (primary N) is 2. The molecule has 0 unspecified atom stereocenters. The second kappa shape index (κ2) is 69.6.